The van der Waals surface area contributed by atoms with Gasteiger partial charge in [-0.15, -0.1) is 0 Å². The first-order valence-corrected chi connectivity index (χ1v) is 5.69. The lowest BCUT2D eigenvalue weighted by Gasteiger charge is -2.07. The van der Waals surface area contributed by atoms with Crippen molar-refractivity contribution < 1.29 is 0 Å². The van der Waals surface area contributed by atoms with Gasteiger partial charge >= 0.3 is 0 Å². The average molecular weight is 216 g/mol. The van der Waals surface area contributed by atoms with Crippen LogP contribution in [0.5, 0.6) is 0 Å². The van der Waals surface area contributed by atoms with E-state index in [0.29, 0.717) is 17.1 Å². The zero-order valence-corrected chi connectivity index (χ0v) is 9.24. The van der Waals surface area contributed by atoms with E-state index in [1.54, 1.807) is 12.3 Å². The van der Waals surface area contributed by atoms with Crippen molar-refractivity contribution in [3.63, 3.8) is 0 Å². The lowest BCUT2D eigenvalue weighted by atomic mass is 10.2. The minimum Gasteiger partial charge on any atom is -0.396 e. The molecule has 1 saturated carbocycles. The van der Waals surface area contributed by atoms with Gasteiger partial charge in [0.15, 0.2) is 0 Å². The van der Waals surface area contributed by atoms with Gasteiger partial charge in [-0.05, 0) is 24.8 Å². The van der Waals surface area contributed by atoms with Crippen molar-refractivity contribution in [1.82, 2.24) is 4.98 Å². The average Bonchev–Trinajstić information content (AvgIpc) is 3.10. The van der Waals surface area contributed by atoms with Crippen molar-refractivity contribution in [2.75, 3.05) is 17.6 Å². The maximum Gasteiger partial charge on any atom is 0.149 e. The van der Waals surface area contributed by atoms with Gasteiger partial charge in [-0.25, -0.2) is 4.98 Å². The number of anilines is 2. The van der Waals surface area contributed by atoms with E-state index in [1.165, 1.54) is 19.3 Å². The predicted octanol–water partition coefficient (Wildman–Crippen LogP) is 2.14. The van der Waals surface area contributed by atoms with E-state index in [0.717, 1.165) is 18.9 Å². The van der Waals surface area contributed by atoms with Gasteiger partial charge in [0.2, 0.25) is 0 Å². The summed E-state index contributed by atoms with van der Waals surface area (Å²) >= 11 is 0. The Kier molecular flexibility index (Phi) is 3.25. The van der Waals surface area contributed by atoms with Crippen LogP contribution in [-0.2, 0) is 0 Å². The largest absolute Gasteiger partial charge is 0.396 e. The van der Waals surface area contributed by atoms with Crippen molar-refractivity contribution in [1.29, 1.82) is 5.26 Å². The molecule has 1 heterocycles. The summed E-state index contributed by atoms with van der Waals surface area (Å²) in [4.78, 5) is 4.12. The highest BCUT2D eigenvalue weighted by molar-refractivity contribution is 5.62. The van der Waals surface area contributed by atoms with Gasteiger partial charge in [0.25, 0.3) is 0 Å². The summed E-state index contributed by atoms with van der Waals surface area (Å²) in [5, 5.41) is 11.9. The van der Waals surface area contributed by atoms with Gasteiger partial charge in [0.1, 0.15) is 11.9 Å². The predicted molar refractivity (Wildman–Crippen MR) is 63.8 cm³/mol. The molecule has 0 spiro atoms. The molecule has 0 saturated heterocycles. The third-order valence-electron chi connectivity index (χ3n) is 2.82. The number of rotatable bonds is 5. The van der Waals surface area contributed by atoms with E-state index in [-0.39, 0.29) is 0 Å². The number of nitrogens with one attached hydrogen (secondary N) is 1. The molecular weight excluding hydrogens is 200 g/mol. The van der Waals surface area contributed by atoms with Crippen LogP contribution >= 0.6 is 0 Å². The number of nitrogens with zero attached hydrogens (tertiary/aromatic N) is 2. The van der Waals surface area contributed by atoms with Crippen molar-refractivity contribution >= 4 is 11.5 Å². The smallest absolute Gasteiger partial charge is 0.149 e. The van der Waals surface area contributed by atoms with Crippen molar-refractivity contribution in [3.05, 3.63) is 17.8 Å². The summed E-state index contributed by atoms with van der Waals surface area (Å²) in [5.41, 5.74) is 6.82. The molecule has 4 heteroatoms. The van der Waals surface area contributed by atoms with Crippen LogP contribution in [0.3, 0.4) is 0 Å². The van der Waals surface area contributed by atoms with Gasteiger partial charge in [0.05, 0.1) is 11.3 Å². The normalized spacial score (nSPS) is 14.4. The quantitative estimate of drug-likeness (QED) is 0.739. The van der Waals surface area contributed by atoms with E-state index in [9.17, 15) is 0 Å². The molecule has 0 atom stereocenters. The molecule has 1 aromatic heterocycles. The van der Waals surface area contributed by atoms with Crippen LogP contribution in [0.25, 0.3) is 0 Å². The summed E-state index contributed by atoms with van der Waals surface area (Å²) in [7, 11) is 0. The fourth-order valence-electron chi connectivity index (χ4n) is 1.69. The summed E-state index contributed by atoms with van der Waals surface area (Å²) in [6.45, 7) is 0.902. The van der Waals surface area contributed by atoms with Crippen molar-refractivity contribution in [3.8, 4) is 6.07 Å². The zero-order chi connectivity index (χ0) is 11.4. The second kappa shape index (κ2) is 4.84. The molecule has 0 amide bonds. The Balaban J connectivity index is 1.81. The molecule has 0 bridgehead atoms. The molecule has 2 rings (SSSR count). The molecule has 84 valence electrons. The first kappa shape index (κ1) is 10.7. The molecule has 4 nitrogen and oxygen atoms in total. The zero-order valence-electron chi connectivity index (χ0n) is 9.24. The van der Waals surface area contributed by atoms with Crippen LogP contribution in [0.1, 0.15) is 31.2 Å². The number of nitrogens with two attached hydrogens (primary N) is 1. The molecule has 0 aliphatic heterocycles. The summed E-state index contributed by atoms with van der Waals surface area (Å²) in [6.07, 6.45) is 6.79. The van der Waals surface area contributed by atoms with Crippen LogP contribution in [-0.4, -0.2) is 11.5 Å². The number of hydrogen-bond acceptors (Lipinski definition) is 4. The van der Waals surface area contributed by atoms with Crippen molar-refractivity contribution in [2.24, 2.45) is 5.92 Å². The fourth-order valence-corrected chi connectivity index (χ4v) is 1.69. The van der Waals surface area contributed by atoms with Crippen LogP contribution in [0, 0.1) is 17.2 Å². The highest BCUT2D eigenvalue weighted by Crippen LogP contribution is 2.33. The van der Waals surface area contributed by atoms with Gasteiger partial charge in [-0.3, -0.25) is 0 Å². The Bertz CT molecular complexity index is 404. The first-order chi connectivity index (χ1) is 7.79. The first-order valence-electron chi connectivity index (χ1n) is 5.69. The van der Waals surface area contributed by atoms with E-state index in [4.69, 9.17) is 11.0 Å². The highest BCUT2D eigenvalue weighted by atomic mass is 15.0. The Labute approximate surface area is 95.5 Å². The van der Waals surface area contributed by atoms with E-state index in [1.807, 2.05) is 6.07 Å². The van der Waals surface area contributed by atoms with Crippen LogP contribution in [0.4, 0.5) is 11.5 Å². The Hall–Kier alpha value is -1.76. The number of pyridine rings is 1. The molecule has 3 N–H and O–H groups in total. The van der Waals surface area contributed by atoms with Crippen LogP contribution < -0.4 is 11.1 Å². The third kappa shape index (κ3) is 2.86. The number of aromatic nitrogens is 1. The number of nitriles is 1. The topological polar surface area (TPSA) is 74.7 Å². The van der Waals surface area contributed by atoms with Crippen LogP contribution in [0.2, 0.25) is 0 Å². The molecule has 1 aliphatic carbocycles. The molecule has 1 fully saturated rings. The molecule has 0 radical (unpaired) electrons. The standard InChI is InChI=1S/C12H16N4/c13-7-10-6-11(14)12(16-8-10)15-5-1-2-9-3-4-9/h6,8-9H,1-5,14H2,(H,15,16). The third-order valence-corrected chi connectivity index (χ3v) is 2.82. The van der Waals surface area contributed by atoms with E-state index < -0.39 is 0 Å². The second-order valence-electron chi connectivity index (χ2n) is 4.29. The Morgan fingerprint density at radius 3 is 3.00 bits per heavy atom. The van der Waals surface area contributed by atoms with Gasteiger partial charge in [-0.2, -0.15) is 5.26 Å². The highest BCUT2D eigenvalue weighted by Gasteiger charge is 2.19. The molecule has 0 aromatic carbocycles. The summed E-state index contributed by atoms with van der Waals surface area (Å²) < 4.78 is 0. The minimum absolute atomic E-state index is 0.501. The van der Waals surface area contributed by atoms with Gasteiger partial charge in [-0.1, -0.05) is 12.8 Å². The molecule has 0 unspecified atom stereocenters. The van der Waals surface area contributed by atoms with Gasteiger partial charge < -0.3 is 11.1 Å². The van der Waals surface area contributed by atoms with Crippen LogP contribution in [0.15, 0.2) is 12.3 Å². The Morgan fingerprint density at radius 2 is 2.38 bits per heavy atom. The molecular formula is C12H16N4. The van der Waals surface area contributed by atoms with E-state index >= 15 is 0 Å². The minimum atomic E-state index is 0.501. The maximum atomic E-state index is 8.67. The second-order valence-corrected chi connectivity index (χ2v) is 4.29. The lowest BCUT2D eigenvalue weighted by Crippen LogP contribution is -2.06. The monoisotopic (exact) mass is 216 g/mol. The molecule has 16 heavy (non-hydrogen) atoms. The molecule has 1 aliphatic rings. The maximum absolute atomic E-state index is 8.67. The number of hydrogen-bond donors (Lipinski definition) is 2. The van der Waals surface area contributed by atoms with Crippen molar-refractivity contribution in [2.45, 2.75) is 25.7 Å². The van der Waals surface area contributed by atoms with E-state index in [2.05, 4.69) is 10.3 Å². The lowest BCUT2D eigenvalue weighted by molar-refractivity contribution is 0.686. The fraction of sp³-hybridized carbons (Fsp3) is 0.500. The Morgan fingerprint density at radius 1 is 1.56 bits per heavy atom. The summed E-state index contributed by atoms with van der Waals surface area (Å²) in [5.74, 6) is 1.66. The van der Waals surface area contributed by atoms with Gasteiger partial charge in [0, 0.05) is 12.7 Å². The number of nitrogen functional groups attached to an aromatic ring is 1. The molecule has 1 aromatic rings. The summed E-state index contributed by atoms with van der Waals surface area (Å²) in [6, 6.07) is 3.66. The SMILES string of the molecule is N#Cc1cnc(NCCCC2CC2)c(N)c1.